The van der Waals surface area contributed by atoms with E-state index in [0.29, 0.717) is 54.2 Å². The highest BCUT2D eigenvalue weighted by atomic mass is 79.9. The summed E-state index contributed by atoms with van der Waals surface area (Å²) in [6, 6.07) is 9.41. The molecule has 35 heavy (non-hydrogen) atoms. The third-order valence-electron chi connectivity index (χ3n) is 6.22. The molecule has 1 saturated heterocycles. The van der Waals surface area contributed by atoms with Crippen molar-refractivity contribution in [1.29, 1.82) is 0 Å². The summed E-state index contributed by atoms with van der Waals surface area (Å²) in [5, 5.41) is 1.65. The fourth-order valence-electron chi connectivity index (χ4n) is 4.59. The Morgan fingerprint density at radius 2 is 1.71 bits per heavy atom. The first kappa shape index (κ1) is 23.8. The van der Waals surface area contributed by atoms with E-state index in [4.69, 9.17) is 21.1 Å². The number of hydrogen-bond acceptors (Lipinski definition) is 7. The number of ether oxygens (including phenoxy) is 2. The SMILES string of the molecule is CCOc1cc2nc(Cl)nc(N3CCC(n4cnc5ccc(Br)cc5c4=O)CC3)c2cc1OCC. The molecule has 0 spiro atoms. The van der Waals surface area contributed by atoms with Crippen molar-refractivity contribution in [2.45, 2.75) is 32.7 Å². The van der Waals surface area contributed by atoms with Crippen molar-refractivity contribution in [3.8, 4) is 11.5 Å². The largest absolute Gasteiger partial charge is 0.490 e. The number of piperidine rings is 1. The quantitative estimate of drug-likeness (QED) is 0.293. The van der Waals surface area contributed by atoms with Gasteiger partial charge in [-0.05, 0) is 62.6 Å². The molecule has 0 bridgehead atoms. The van der Waals surface area contributed by atoms with Gasteiger partial charge in [-0.15, -0.1) is 0 Å². The predicted octanol–water partition coefficient (Wildman–Crippen LogP) is 5.39. The molecule has 5 rings (SSSR count). The van der Waals surface area contributed by atoms with Gasteiger partial charge in [-0.3, -0.25) is 9.36 Å². The van der Waals surface area contributed by atoms with Crippen molar-refractivity contribution in [1.82, 2.24) is 19.5 Å². The Morgan fingerprint density at radius 1 is 1.00 bits per heavy atom. The Labute approximate surface area is 216 Å². The average Bonchev–Trinajstić information content (AvgIpc) is 2.85. The molecule has 1 aliphatic heterocycles. The van der Waals surface area contributed by atoms with Gasteiger partial charge in [-0.25, -0.2) is 9.97 Å². The molecular weight excluding hydrogens is 534 g/mol. The minimum Gasteiger partial charge on any atom is -0.490 e. The fraction of sp³-hybridized carbons (Fsp3) is 0.360. The van der Waals surface area contributed by atoms with Crippen molar-refractivity contribution in [3.63, 3.8) is 0 Å². The van der Waals surface area contributed by atoms with Gasteiger partial charge in [0, 0.05) is 35.1 Å². The molecule has 1 aliphatic rings. The van der Waals surface area contributed by atoms with E-state index in [1.54, 1.807) is 10.9 Å². The van der Waals surface area contributed by atoms with Gasteiger partial charge in [0.2, 0.25) is 5.28 Å². The van der Waals surface area contributed by atoms with Gasteiger partial charge >= 0.3 is 0 Å². The third kappa shape index (κ3) is 4.67. The lowest BCUT2D eigenvalue weighted by molar-refractivity contribution is 0.288. The van der Waals surface area contributed by atoms with Gasteiger partial charge in [0.1, 0.15) is 5.82 Å². The first-order valence-corrected chi connectivity index (χ1v) is 12.8. The smallest absolute Gasteiger partial charge is 0.261 e. The summed E-state index contributed by atoms with van der Waals surface area (Å²) >= 11 is 9.76. The summed E-state index contributed by atoms with van der Waals surface area (Å²) in [6.45, 7) is 6.33. The van der Waals surface area contributed by atoms with E-state index >= 15 is 0 Å². The number of fused-ring (bicyclic) bond motifs is 2. The van der Waals surface area contributed by atoms with Crippen LogP contribution in [0.4, 0.5) is 5.82 Å². The van der Waals surface area contributed by atoms with Crippen LogP contribution in [0.15, 0.2) is 45.9 Å². The zero-order valence-corrected chi connectivity index (χ0v) is 21.8. The van der Waals surface area contributed by atoms with Crippen LogP contribution in [0.5, 0.6) is 11.5 Å². The molecule has 2 aromatic heterocycles. The maximum Gasteiger partial charge on any atom is 0.261 e. The molecule has 2 aromatic carbocycles. The van der Waals surface area contributed by atoms with Crippen LogP contribution >= 0.6 is 27.5 Å². The van der Waals surface area contributed by atoms with E-state index in [-0.39, 0.29) is 16.9 Å². The summed E-state index contributed by atoms with van der Waals surface area (Å²) in [5.74, 6) is 2.05. The Morgan fingerprint density at radius 3 is 2.43 bits per heavy atom. The lowest BCUT2D eigenvalue weighted by Gasteiger charge is -2.34. The number of anilines is 1. The molecule has 10 heteroatoms. The monoisotopic (exact) mass is 557 g/mol. The van der Waals surface area contributed by atoms with Gasteiger partial charge in [0.05, 0.1) is 36.0 Å². The van der Waals surface area contributed by atoms with Crippen LogP contribution in [-0.4, -0.2) is 45.8 Å². The summed E-state index contributed by atoms with van der Waals surface area (Å²) in [6.07, 6.45) is 3.22. The van der Waals surface area contributed by atoms with Crippen LogP contribution in [-0.2, 0) is 0 Å². The first-order valence-electron chi connectivity index (χ1n) is 11.7. The van der Waals surface area contributed by atoms with Crippen LogP contribution in [0.2, 0.25) is 5.28 Å². The predicted molar refractivity (Wildman–Crippen MR) is 141 cm³/mol. The summed E-state index contributed by atoms with van der Waals surface area (Å²) < 4.78 is 14.2. The van der Waals surface area contributed by atoms with E-state index in [0.717, 1.165) is 28.5 Å². The van der Waals surface area contributed by atoms with Crippen molar-refractivity contribution < 1.29 is 9.47 Å². The fourth-order valence-corrected chi connectivity index (χ4v) is 5.13. The highest BCUT2D eigenvalue weighted by Gasteiger charge is 2.25. The van der Waals surface area contributed by atoms with Gasteiger partial charge < -0.3 is 14.4 Å². The van der Waals surface area contributed by atoms with E-state index in [1.807, 2.05) is 44.2 Å². The Balaban J connectivity index is 1.45. The third-order valence-corrected chi connectivity index (χ3v) is 6.88. The Kier molecular flexibility index (Phi) is 6.80. The molecule has 8 nitrogen and oxygen atoms in total. The second kappa shape index (κ2) is 9.99. The number of rotatable bonds is 6. The number of benzene rings is 2. The normalized spacial score (nSPS) is 14.6. The van der Waals surface area contributed by atoms with Crippen LogP contribution in [0.1, 0.15) is 32.7 Å². The molecule has 0 saturated carbocycles. The second-order valence-electron chi connectivity index (χ2n) is 8.34. The Hall–Kier alpha value is -2.91. The molecule has 0 aliphatic carbocycles. The summed E-state index contributed by atoms with van der Waals surface area (Å²) in [5.41, 5.74) is 1.38. The second-order valence-corrected chi connectivity index (χ2v) is 9.59. The summed E-state index contributed by atoms with van der Waals surface area (Å²) in [4.78, 5) is 28.8. The first-order chi connectivity index (χ1) is 17.0. The number of hydrogen-bond donors (Lipinski definition) is 0. The van der Waals surface area contributed by atoms with Crippen LogP contribution in [0, 0.1) is 0 Å². The molecule has 0 unspecified atom stereocenters. The van der Waals surface area contributed by atoms with E-state index in [9.17, 15) is 4.79 Å². The van der Waals surface area contributed by atoms with Gasteiger partial charge in [0.15, 0.2) is 11.5 Å². The molecular formula is C25H25BrClN5O3. The highest BCUT2D eigenvalue weighted by Crippen LogP contribution is 2.37. The average molecular weight is 559 g/mol. The minimum absolute atomic E-state index is 0.0184. The van der Waals surface area contributed by atoms with E-state index in [1.165, 1.54) is 0 Å². The molecule has 0 atom stereocenters. The molecule has 4 aromatic rings. The molecule has 0 amide bonds. The number of nitrogens with zero attached hydrogens (tertiary/aromatic N) is 5. The molecule has 0 N–H and O–H groups in total. The zero-order valence-electron chi connectivity index (χ0n) is 19.5. The van der Waals surface area contributed by atoms with Crippen LogP contribution in [0.25, 0.3) is 21.8 Å². The maximum atomic E-state index is 13.2. The topological polar surface area (TPSA) is 82.4 Å². The molecule has 0 radical (unpaired) electrons. The summed E-state index contributed by atoms with van der Waals surface area (Å²) in [7, 11) is 0. The number of halogens is 2. The van der Waals surface area contributed by atoms with Gasteiger partial charge in [0.25, 0.3) is 5.56 Å². The lowest BCUT2D eigenvalue weighted by atomic mass is 10.0. The van der Waals surface area contributed by atoms with Crippen LogP contribution in [0.3, 0.4) is 0 Å². The van der Waals surface area contributed by atoms with Gasteiger partial charge in [-0.2, -0.15) is 4.98 Å². The minimum atomic E-state index is -0.0184. The molecule has 182 valence electrons. The lowest BCUT2D eigenvalue weighted by Crippen LogP contribution is -2.38. The van der Waals surface area contributed by atoms with Crippen molar-refractivity contribution in [2.24, 2.45) is 0 Å². The molecule has 1 fully saturated rings. The van der Waals surface area contributed by atoms with E-state index < -0.39 is 0 Å². The van der Waals surface area contributed by atoms with Gasteiger partial charge in [-0.1, -0.05) is 15.9 Å². The maximum absolute atomic E-state index is 13.2. The van der Waals surface area contributed by atoms with Crippen molar-refractivity contribution in [3.05, 3.63) is 56.8 Å². The zero-order chi connectivity index (χ0) is 24.5. The van der Waals surface area contributed by atoms with Crippen molar-refractivity contribution >= 4 is 55.2 Å². The van der Waals surface area contributed by atoms with Crippen molar-refractivity contribution in [2.75, 3.05) is 31.2 Å². The number of aromatic nitrogens is 4. The van der Waals surface area contributed by atoms with E-state index in [2.05, 4.69) is 35.8 Å². The Bertz CT molecular complexity index is 1450. The highest BCUT2D eigenvalue weighted by molar-refractivity contribution is 9.10. The standard InChI is InChI=1S/C25H25BrClN5O3/c1-3-34-21-12-17-20(13-22(21)35-4-2)29-25(27)30-23(17)31-9-7-16(8-10-31)32-14-28-19-6-5-15(26)11-18(19)24(32)33/h5-6,11-14,16H,3-4,7-10H2,1-2H3. The van der Waals surface area contributed by atoms with Crippen LogP contribution < -0.4 is 19.9 Å². The molecule has 3 heterocycles.